The summed E-state index contributed by atoms with van der Waals surface area (Å²) in [5.41, 5.74) is 1.71. The van der Waals surface area contributed by atoms with E-state index in [9.17, 15) is 13.2 Å². The number of carboxylic acid groups (broad SMARTS) is 1. The van der Waals surface area contributed by atoms with Crippen LogP contribution in [0.2, 0.25) is 0 Å². The van der Waals surface area contributed by atoms with E-state index >= 15 is 0 Å². The molecule has 186 valence electrons. The van der Waals surface area contributed by atoms with Crippen molar-refractivity contribution in [2.24, 2.45) is 5.92 Å². The number of aromatic nitrogens is 4. The molecular weight excluding hydrogens is 467 g/mol. The fraction of sp³-hybridized carbons (Fsp3) is 0.348. The first-order chi connectivity index (χ1) is 16.6. The second-order valence-corrected chi connectivity index (χ2v) is 7.82. The number of ether oxygens (including phenoxy) is 2. The summed E-state index contributed by atoms with van der Waals surface area (Å²) >= 11 is 0. The number of carbonyl (C=O) groups is 1. The Kier molecular flexibility index (Phi) is 8.39. The van der Waals surface area contributed by atoms with Crippen LogP contribution in [0.3, 0.4) is 0 Å². The maximum atomic E-state index is 10.6. The lowest BCUT2D eigenvalue weighted by Gasteiger charge is -2.19. The van der Waals surface area contributed by atoms with Crippen molar-refractivity contribution in [2.45, 2.75) is 26.6 Å². The standard InChI is InChI=1S/C21H23N5O2.C2HF3O2/c1-15(2)14-28-20-18-17(24-19(25-20)16-7-4-3-5-8-16)13-26(11-12-27-18)21-22-9-6-10-23-21;3-2(4,5)1(6)7/h3-10,15H,11-14H2,1-2H3;(H,6,7). The van der Waals surface area contributed by atoms with Gasteiger partial charge < -0.3 is 19.5 Å². The van der Waals surface area contributed by atoms with Gasteiger partial charge >= 0.3 is 12.1 Å². The Morgan fingerprint density at radius 1 is 1.14 bits per heavy atom. The minimum atomic E-state index is -5.08. The smallest absolute Gasteiger partial charge is 0.485 e. The molecule has 4 rings (SSSR count). The molecular formula is C23H24F3N5O4. The second-order valence-electron chi connectivity index (χ2n) is 7.82. The number of fused-ring (bicyclic) bond motifs is 1. The van der Waals surface area contributed by atoms with Crippen molar-refractivity contribution < 1.29 is 32.5 Å². The van der Waals surface area contributed by atoms with E-state index in [1.807, 2.05) is 30.3 Å². The number of anilines is 1. The Bertz CT molecular complexity index is 1120. The highest BCUT2D eigenvalue weighted by molar-refractivity contribution is 5.73. The number of rotatable bonds is 5. The van der Waals surface area contributed by atoms with Gasteiger partial charge in [-0.2, -0.15) is 18.2 Å². The molecule has 0 saturated heterocycles. The summed E-state index contributed by atoms with van der Waals surface area (Å²) in [5, 5.41) is 7.12. The van der Waals surface area contributed by atoms with Gasteiger partial charge in [0.2, 0.25) is 11.7 Å². The predicted octanol–water partition coefficient (Wildman–Crippen LogP) is 4.00. The number of hydrogen-bond donors (Lipinski definition) is 1. The molecule has 1 aliphatic heterocycles. The molecule has 2 aromatic heterocycles. The first kappa shape index (κ1) is 25.7. The molecule has 1 aliphatic rings. The van der Waals surface area contributed by atoms with Crippen LogP contribution in [0.1, 0.15) is 19.5 Å². The molecule has 3 heterocycles. The van der Waals surface area contributed by atoms with Crippen LogP contribution in [-0.4, -0.2) is 56.9 Å². The maximum Gasteiger partial charge on any atom is 0.490 e. The summed E-state index contributed by atoms with van der Waals surface area (Å²) in [6.45, 7) is 6.44. The monoisotopic (exact) mass is 491 g/mol. The summed E-state index contributed by atoms with van der Waals surface area (Å²) in [4.78, 5) is 29.1. The number of carboxylic acids is 1. The highest BCUT2D eigenvalue weighted by Crippen LogP contribution is 2.34. The molecule has 0 aliphatic carbocycles. The minimum Gasteiger partial charge on any atom is -0.485 e. The molecule has 35 heavy (non-hydrogen) atoms. The predicted molar refractivity (Wildman–Crippen MR) is 120 cm³/mol. The Morgan fingerprint density at radius 2 is 1.80 bits per heavy atom. The summed E-state index contributed by atoms with van der Waals surface area (Å²) in [6.07, 6.45) is -1.61. The second kappa shape index (κ2) is 11.4. The van der Waals surface area contributed by atoms with Crippen molar-refractivity contribution in [1.29, 1.82) is 0 Å². The van der Waals surface area contributed by atoms with Gasteiger partial charge in [0.1, 0.15) is 12.3 Å². The van der Waals surface area contributed by atoms with Crippen LogP contribution in [-0.2, 0) is 11.3 Å². The molecule has 0 radical (unpaired) electrons. The molecule has 0 amide bonds. The van der Waals surface area contributed by atoms with Crippen LogP contribution < -0.4 is 14.4 Å². The van der Waals surface area contributed by atoms with Gasteiger partial charge in [-0.15, -0.1) is 0 Å². The molecule has 12 heteroatoms. The summed E-state index contributed by atoms with van der Waals surface area (Å²) in [6, 6.07) is 11.7. The van der Waals surface area contributed by atoms with Crippen molar-refractivity contribution in [3.63, 3.8) is 0 Å². The summed E-state index contributed by atoms with van der Waals surface area (Å²) < 4.78 is 43.7. The molecule has 1 aromatic carbocycles. The Hall–Kier alpha value is -3.96. The molecule has 3 aromatic rings. The van der Waals surface area contributed by atoms with Gasteiger partial charge in [-0.25, -0.2) is 19.7 Å². The van der Waals surface area contributed by atoms with Crippen molar-refractivity contribution >= 4 is 11.9 Å². The van der Waals surface area contributed by atoms with Crippen LogP contribution in [0, 0.1) is 5.92 Å². The molecule has 0 spiro atoms. The van der Waals surface area contributed by atoms with E-state index in [-0.39, 0.29) is 0 Å². The average molecular weight is 491 g/mol. The third-order valence-electron chi connectivity index (χ3n) is 4.52. The number of aliphatic carboxylic acids is 1. The molecule has 0 saturated carbocycles. The zero-order chi connectivity index (χ0) is 25.4. The highest BCUT2D eigenvalue weighted by Gasteiger charge is 2.38. The van der Waals surface area contributed by atoms with Crippen LogP contribution in [0.4, 0.5) is 19.1 Å². The van der Waals surface area contributed by atoms with Gasteiger partial charge in [-0.3, -0.25) is 0 Å². The lowest BCUT2D eigenvalue weighted by molar-refractivity contribution is -0.192. The van der Waals surface area contributed by atoms with E-state index in [2.05, 4.69) is 33.7 Å². The SMILES string of the molecule is CC(C)COc1nc(-c2ccccc2)nc2c1OCCN(c1ncccn1)C2.O=C(O)C(F)(F)F. The lowest BCUT2D eigenvalue weighted by Crippen LogP contribution is -2.27. The van der Waals surface area contributed by atoms with Gasteiger partial charge in [0, 0.05) is 18.0 Å². The molecule has 1 N–H and O–H groups in total. The quantitative estimate of drug-likeness (QED) is 0.566. The van der Waals surface area contributed by atoms with Gasteiger partial charge in [-0.05, 0) is 12.0 Å². The van der Waals surface area contributed by atoms with Crippen molar-refractivity contribution in [3.8, 4) is 23.0 Å². The van der Waals surface area contributed by atoms with Crippen molar-refractivity contribution in [1.82, 2.24) is 19.9 Å². The molecule has 0 unspecified atom stereocenters. The zero-order valence-corrected chi connectivity index (χ0v) is 19.1. The van der Waals surface area contributed by atoms with E-state index in [0.717, 1.165) is 11.3 Å². The minimum absolute atomic E-state index is 0.380. The number of benzene rings is 1. The fourth-order valence-electron chi connectivity index (χ4n) is 2.93. The average Bonchev–Trinajstić information content (AvgIpc) is 3.06. The fourth-order valence-corrected chi connectivity index (χ4v) is 2.93. The largest absolute Gasteiger partial charge is 0.490 e. The summed E-state index contributed by atoms with van der Waals surface area (Å²) in [7, 11) is 0. The molecule has 0 bridgehead atoms. The van der Waals surface area contributed by atoms with Gasteiger partial charge in [-0.1, -0.05) is 44.2 Å². The van der Waals surface area contributed by atoms with E-state index in [4.69, 9.17) is 24.4 Å². The number of hydrogen-bond acceptors (Lipinski definition) is 8. The number of halogens is 3. The van der Waals surface area contributed by atoms with E-state index in [1.54, 1.807) is 18.5 Å². The molecule has 9 nitrogen and oxygen atoms in total. The molecule has 0 atom stereocenters. The van der Waals surface area contributed by atoms with Crippen LogP contribution in [0.25, 0.3) is 11.4 Å². The number of nitrogens with zero attached hydrogens (tertiary/aromatic N) is 5. The Labute approximate surface area is 199 Å². The summed E-state index contributed by atoms with van der Waals surface area (Å²) in [5.74, 6) is 0.00596. The number of alkyl halides is 3. The normalized spacial score (nSPS) is 13.1. The van der Waals surface area contributed by atoms with E-state index < -0.39 is 12.1 Å². The van der Waals surface area contributed by atoms with Crippen molar-refractivity contribution in [2.75, 3.05) is 24.7 Å². The van der Waals surface area contributed by atoms with Gasteiger partial charge in [0.25, 0.3) is 5.88 Å². The van der Waals surface area contributed by atoms with E-state index in [0.29, 0.717) is 55.6 Å². The third-order valence-corrected chi connectivity index (χ3v) is 4.52. The highest BCUT2D eigenvalue weighted by atomic mass is 19.4. The zero-order valence-electron chi connectivity index (χ0n) is 19.1. The van der Waals surface area contributed by atoms with Gasteiger partial charge in [0.05, 0.1) is 19.7 Å². The Morgan fingerprint density at radius 3 is 2.40 bits per heavy atom. The van der Waals surface area contributed by atoms with Crippen LogP contribution in [0.5, 0.6) is 11.6 Å². The van der Waals surface area contributed by atoms with Crippen LogP contribution in [0.15, 0.2) is 48.8 Å². The van der Waals surface area contributed by atoms with Gasteiger partial charge in [0.15, 0.2) is 5.82 Å². The van der Waals surface area contributed by atoms with Crippen LogP contribution >= 0.6 is 0 Å². The topological polar surface area (TPSA) is 111 Å². The molecule has 0 fully saturated rings. The maximum absolute atomic E-state index is 10.6. The van der Waals surface area contributed by atoms with E-state index in [1.165, 1.54) is 0 Å². The lowest BCUT2D eigenvalue weighted by atomic mass is 10.2. The third kappa shape index (κ3) is 7.26. The van der Waals surface area contributed by atoms with Crippen molar-refractivity contribution in [3.05, 3.63) is 54.5 Å². The first-order valence-corrected chi connectivity index (χ1v) is 10.7. The Balaban J connectivity index is 0.000000429. The first-order valence-electron chi connectivity index (χ1n) is 10.7.